The molecule has 0 unspecified atom stereocenters. The van der Waals surface area contributed by atoms with Crippen LogP contribution in [0.5, 0.6) is 0 Å². The minimum Gasteiger partial charge on any atom is -0.550 e. The van der Waals surface area contributed by atoms with Crippen molar-refractivity contribution in [3.8, 4) is 0 Å². The second-order valence-electron chi connectivity index (χ2n) is 3.48. The van der Waals surface area contributed by atoms with Crippen LogP contribution in [0.4, 0.5) is 0 Å². The van der Waals surface area contributed by atoms with E-state index in [1.807, 2.05) is 12.1 Å². The van der Waals surface area contributed by atoms with Gasteiger partial charge in [0.2, 0.25) is 0 Å². The zero-order valence-electron chi connectivity index (χ0n) is 8.54. The minimum absolute atomic E-state index is 0.163. The Morgan fingerprint density at radius 1 is 1.20 bits per heavy atom. The molecule has 0 N–H and O–H groups in total. The first-order chi connectivity index (χ1) is 7.24. The summed E-state index contributed by atoms with van der Waals surface area (Å²) < 4.78 is 0. The molecule has 0 aromatic heterocycles. The molecule has 0 fully saturated rings. The van der Waals surface area contributed by atoms with Gasteiger partial charge >= 0.3 is 0 Å². The van der Waals surface area contributed by atoms with E-state index >= 15 is 0 Å². The maximum absolute atomic E-state index is 10.2. The maximum Gasteiger partial charge on any atom is 0.0414 e. The van der Waals surface area contributed by atoms with Gasteiger partial charge in [0, 0.05) is 11.3 Å². The van der Waals surface area contributed by atoms with Crippen LogP contribution in [-0.4, -0.2) is 5.97 Å². The first-order valence-electron chi connectivity index (χ1n) is 5.06. The van der Waals surface area contributed by atoms with Crippen molar-refractivity contribution in [1.29, 1.82) is 0 Å². The lowest BCUT2D eigenvalue weighted by Gasteiger charge is -2.07. The molecule has 1 aromatic rings. The Morgan fingerprint density at radius 2 is 1.87 bits per heavy atom. The van der Waals surface area contributed by atoms with Gasteiger partial charge in [0.25, 0.3) is 0 Å². The van der Waals surface area contributed by atoms with E-state index in [-0.39, 0.29) is 6.42 Å². The molecule has 82 valence electrons. The minimum atomic E-state index is -0.955. The van der Waals surface area contributed by atoms with Crippen molar-refractivity contribution >= 4 is 21.9 Å². The van der Waals surface area contributed by atoms with Crippen molar-refractivity contribution in [3.63, 3.8) is 0 Å². The van der Waals surface area contributed by atoms with E-state index in [2.05, 4.69) is 28.1 Å². The topological polar surface area (TPSA) is 40.1 Å². The number of carboxylic acids is 1. The summed E-state index contributed by atoms with van der Waals surface area (Å²) in [5, 5.41) is 11.1. The number of carboxylic acid groups (broad SMARTS) is 1. The fourth-order valence-electron chi connectivity index (χ4n) is 1.52. The van der Waals surface area contributed by atoms with E-state index in [1.165, 1.54) is 11.1 Å². The first-order valence-corrected chi connectivity index (χ1v) is 6.18. The van der Waals surface area contributed by atoms with Gasteiger partial charge in [0.1, 0.15) is 0 Å². The Hall–Kier alpha value is -0.830. The smallest absolute Gasteiger partial charge is 0.0414 e. The van der Waals surface area contributed by atoms with Gasteiger partial charge in [-0.25, -0.2) is 0 Å². The molecule has 0 saturated heterocycles. The zero-order valence-corrected chi connectivity index (χ0v) is 10.1. The van der Waals surface area contributed by atoms with Crippen LogP contribution in [-0.2, 0) is 16.5 Å². The number of benzene rings is 1. The molecule has 2 nitrogen and oxygen atoms in total. The van der Waals surface area contributed by atoms with Crippen LogP contribution < -0.4 is 5.11 Å². The summed E-state index contributed by atoms with van der Waals surface area (Å²) in [6.45, 7) is 0. The quantitative estimate of drug-likeness (QED) is 0.586. The number of carbonyl (C=O) groups excluding carboxylic acids is 1. The Balaban J connectivity index is 2.39. The number of hydrogen-bond donors (Lipinski definition) is 0. The second kappa shape index (κ2) is 6.62. The van der Waals surface area contributed by atoms with E-state index in [1.54, 1.807) is 0 Å². The van der Waals surface area contributed by atoms with Crippen LogP contribution in [0.3, 0.4) is 0 Å². The average Bonchev–Trinajstić information content (AvgIpc) is 2.24. The van der Waals surface area contributed by atoms with E-state index in [0.717, 1.165) is 18.2 Å². The monoisotopic (exact) mass is 269 g/mol. The lowest BCUT2D eigenvalue weighted by atomic mass is 10.0. The SMILES string of the molecule is O=C([O-])CCCCc1ccccc1CBr. The Morgan fingerprint density at radius 3 is 2.47 bits per heavy atom. The predicted octanol–water partition coefficient (Wildman–Crippen LogP) is 2.04. The average molecular weight is 270 g/mol. The largest absolute Gasteiger partial charge is 0.550 e. The Bertz CT molecular complexity index is 323. The standard InChI is InChI=1S/C12H15BrO2/c13-9-11-7-2-1-5-10(11)6-3-4-8-12(14)15/h1-2,5,7H,3-4,6,8-9H2,(H,14,15)/p-1. The summed E-state index contributed by atoms with van der Waals surface area (Å²) in [5.41, 5.74) is 2.58. The normalized spacial score (nSPS) is 10.2. The molecule has 15 heavy (non-hydrogen) atoms. The molecule has 3 heteroatoms. The van der Waals surface area contributed by atoms with Gasteiger partial charge in [-0.05, 0) is 36.8 Å². The third-order valence-corrected chi connectivity index (χ3v) is 2.94. The Kier molecular flexibility index (Phi) is 5.40. The zero-order chi connectivity index (χ0) is 11.1. The molecular formula is C12H14BrO2-. The van der Waals surface area contributed by atoms with Crippen LogP contribution >= 0.6 is 15.9 Å². The summed E-state index contributed by atoms with van der Waals surface area (Å²) in [4.78, 5) is 10.2. The van der Waals surface area contributed by atoms with E-state index < -0.39 is 5.97 Å². The van der Waals surface area contributed by atoms with Crippen LogP contribution in [0.1, 0.15) is 30.4 Å². The molecule has 1 rings (SSSR count). The number of aliphatic carboxylic acids is 1. The number of halogens is 1. The van der Waals surface area contributed by atoms with Crippen LogP contribution in [0, 0.1) is 0 Å². The van der Waals surface area contributed by atoms with Crippen molar-refractivity contribution in [1.82, 2.24) is 0 Å². The lowest BCUT2D eigenvalue weighted by Crippen LogP contribution is -2.21. The number of hydrogen-bond acceptors (Lipinski definition) is 2. The molecule has 0 heterocycles. The third-order valence-electron chi connectivity index (χ3n) is 2.34. The summed E-state index contributed by atoms with van der Waals surface area (Å²) in [6.07, 6.45) is 2.70. The van der Waals surface area contributed by atoms with Crippen molar-refractivity contribution < 1.29 is 9.90 Å². The highest BCUT2D eigenvalue weighted by Gasteiger charge is 1.99. The van der Waals surface area contributed by atoms with Crippen LogP contribution in [0.2, 0.25) is 0 Å². The van der Waals surface area contributed by atoms with Crippen molar-refractivity contribution in [2.24, 2.45) is 0 Å². The molecule has 0 radical (unpaired) electrons. The number of carbonyl (C=O) groups is 1. The van der Waals surface area contributed by atoms with Gasteiger partial charge < -0.3 is 9.90 Å². The molecule has 0 aliphatic rings. The summed E-state index contributed by atoms with van der Waals surface area (Å²) in [5.74, 6) is -0.955. The van der Waals surface area contributed by atoms with Gasteiger partial charge in [-0.1, -0.05) is 40.2 Å². The highest BCUT2D eigenvalue weighted by Crippen LogP contribution is 2.15. The number of alkyl halides is 1. The van der Waals surface area contributed by atoms with Gasteiger partial charge in [-0.3, -0.25) is 0 Å². The number of aryl methyl sites for hydroxylation is 1. The van der Waals surface area contributed by atoms with Crippen LogP contribution in [0.15, 0.2) is 24.3 Å². The van der Waals surface area contributed by atoms with Crippen molar-refractivity contribution in [2.45, 2.75) is 31.0 Å². The first kappa shape index (κ1) is 12.2. The summed E-state index contributed by atoms with van der Waals surface area (Å²) in [7, 11) is 0. The van der Waals surface area contributed by atoms with E-state index in [9.17, 15) is 9.90 Å². The molecule has 0 amide bonds. The maximum atomic E-state index is 10.2. The van der Waals surface area contributed by atoms with Crippen molar-refractivity contribution in [2.75, 3.05) is 0 Å². The van der Waals surface area contributed by atoms with Gasteiger partial charge in [-0.2, -0.15) is 0 Å². The van der Waals surface area contributed by atoms with Crippen molar-refractivity contribution in [3.05, 3.63) is 35.4 Å². The van der Waals surface area contributed by atoms with Gasteiger partial charge in [-0.15, -0.1) is 0 Å². The van der Waals surface area contributed by atoms with Gasteiger partial charge in [0.05, 0.1) is 0 Å². The number of unbranched alkanes of at least 4 members (excludes halogenated alkanes) is 1. The molecular weight excluding hydrogens is 256 g/mol. The molecule has 0 atom stereocenters. The molecule has 1 aromatic carbocycles. The molecule has 0 bridgehead atoms. The lowest BCUT2D eigenvalue weighted by molar-refractivity contribution is -0.305. The molecule has 0 aliphatic carbocycles. The summed E-state index contributed by atoms with van der Waals surface area (Å²) >= 11 is 3.44. The third kappa shape index (κ3) is 4.47. The predicted molar refractivity (Wildman–Crippen MR) is 61.6 cm³/mol. The summed E-state index contributed by atoms with van der Waals surface area (Å²) in [6, 6.07) is 8.21. The highest BCUT2D eigenvalue weighted by atomic mass is 79.9. The molecule has 0 aliphatic heterocycles. The van der Waals surface area contributed by atoms with E-state index in [0.29, 0.717) is 6.42 Å². The Labute approximate surface area is 98.4 Å². The van der Waals surface area contributed by atoms with Crippen LogP contribution in [0.25, 0.3) is 0 Å². The highest BCUT2D eigenvalue weighted by molar-refractivity contribution is 9.08. The second-order valence-corrected chi connectivity index (χ2v) is 4.04. The fraction of sp³-hybridized carbons (Fsp3) is 0.417. The number of rotatable bonds is 6. The van der Waals surface area contributed by atoms with E-state index in [4.69, 9.17) is 0 Å². The fourth-order valence-corrected chi connectivity index (χ4v) is 2.06. The molecule has 0 saturated carbocycles. The van der Waals surface area contributed by atoms with Gasteiger partial charge in [0.15, 0.2) is 0 Å². The molecule has 0 spiro atoms.